The average molecular weight is 325 g/mol. The summed E-state index contributed by atoms with van der Waals surface area (Å²) in [5, 5.41) is 2.84. The van der Waals surface area contributed by atoms with Crippen LogP contribution in [0, 0.1) is 5.82 Å². The van der Waals surface area contributed by atoms with Crippen molar-refractivity contribution < 1.29 is 9.18 Å². The van der Waals surface area contributed by atoms with E-state index in [0.717, 1.165) is 0 Å². The smallest absolute Gasteiger partial charge is 0.251 e. The molecule has 0 fully saturated rings. The molecule has 0 unspecified atom stereocenters. The van der Waals surface area contributed by atoms with Crippen LogP contribution in [-0.4, -0.2) is 15.3 Å². The summed E-state index contributed by atoms with van der Waals surface area (Å²) in [5.41, 5.74) is 3.18. The lowest BCUT2D eigenvalue weighted by Gasteiger charge is -2.19. The highest BCUT2D eigenvalue weighted by Crippen LogP contribution is 2.22. The molecule has 1 aromatic carbocycles. The Kier molecular flexibility index (Phi) is 4.09. The zero-order valence-corrected chi connectivity index (χ0v) is 14.0. The second-order valence-electron chi connectivity index (χ2n) is 6.86. The molecule has 5 heteroatoms. The Morgan fingerprint density at radius 1 is 1.12 bits per heavy atom. The number of nitrogens with zero attached hydrogens (tertiary/aromatic N) is 2. The lowest BCUT2D eigenvalue weighted by atomic mass is 9.87. The highest BCUT2D eigenvalue weighted by molar-refractivity contribution is 5.94. The molecule has 0 aliphatic heterocycles. The van der Waals surface area contributed by atoms with E-state index in [0.29, 0.717) is 23.4 Å². The molecule has 0 radical (unpaired) electrons. The highest BCUT2D eigenvalue weighted by Gasteiger charge is 2.14. The summed E-state index contributed by atoms with van der Waals surface area (Å²) in [7, 11) is 0. The molecule has 3 rings (SSSR count). The van der Waals surface area contributed by atoms with Gasteiger partial charge in [0.05, 0.1) is 12.2 Å². The number of benzene rings is 1. The van der Waals surface area contributed by atoms with E-state index >= 15 is 0 Å². The van der Waals surface area contributed by atoms with E-state index in [1.54, 1.807) is 16.7 Å². The van der Waals surface area contributed by atoms with Gasteiger partial charge in [0.1, 0.15) is 11.5 Å². The third-order valence-electron chi connectivity index (χ3n) is 3.91. The monoisotopic (exact) mass is 325 g/mol. The van der Waals surface area contributed by atoms with E-state index in [-0.39, 0.29) is 17.1 Å². The van der Waals surface area contributed by atoms with Crippen LogP contribution in [0.5, 0.6) is 0 Å². The summed E-state index contributed by atoms with van der Waals surface area (Å²) in [5.74, 6) is -0.479. The molecule has 124 valence electrons. The number of pyridine rings is 1. The molecular formula is C19H20FN3O. The zero-order valence-electron chi connectivity index (χ0n) is 14.0. The van der Waals surface area contributed by atoms with Crippen molar-refractivity contribution in [3.05, 3.63) is 71.4 Å². The van der Waals surface area contributed by atoms with Crippen molar-refractivity contribution in [1.29, 1.82) is 0 Å². The van der Waals surface area contributed by atoms with Crippen LogP contribution < -0.4 is 5.32 Å². The van der Waals surface area contributed by atoms with Gasteiger partial charge in [0.15, 0.2) is 0 Å². The molecule has 0 aliphatic rings. The topological polar surface area (TPSA) is 46.4 Å². The van der Waals surface area contributed by atoms with Gasteiger partial charge in [-0.1, -0.05) is 32.9 Å². The molecule has 0 bridgehead atoms. The van der Waals surface area contributed by atoms with Crippen LogP contribution in [0.15, 0.2) is 48.8 Å². The first-order chi connectivity index (χ1) is 11.3. The molecule has 1 N–H and O–H groups in total. The predicted molar refractivity (Wildman–Crippen MR) is 91.5 cm³/mol. The van der Waals surface area contributed by atoms with Gasteiger partial charge in [-0.2, -0.15) is 0 Å². The average Bonchev–Trinajstić information content (AvgIpc) is 2.94. The van der Waals surface area contributed by atoms with E-state index in [1.165, 1.54) is 17.8 Å². The standard InChI is InChI=1S/C19H20FN3O/c1-19(2,3)14-6-4-13(5-7-14)18(24)21-10-16-12-23-11-15(20)8-9-17(23)22-16/h4-9,11-12H,10H2,1-3H3,(H,21,24). The maximum Gasteiger partial charge on any atom is 0.251 e. The number of hydrogen-bond donors (Lipinski definition) is 1. The number of carbonyl (C=O) groups is 1. The Morgan fingerprint density at radius 2 is 1.83 bits per heavy atom. The summed E-state index contributed by atoms with van der Waals surface area (Å²) >= 11 is 0. The Balaban J connectivity index is 1.68. The summed E-state index contributed by atoms with van der Waals surface area (Å²) in [6.07, 6.45) is 3.07. The summed E-state index contributed by atoms with van der Waals surface area (Å²) in [6, 6.07) is 10.6. The molecule has 0 aliphatic carbocycles. The Hall–Kier alpha value is -2.69. The van der Waals surface area contributed by atoms with Gasteiger partial charge in [-0.05, 0) is 35.2 Å². The first kappa shape index (κ1) is 16.2. The van der Waals surface area contributed by atoms with E-state index in [4.69, 9.17) is 0 Å². The second kappa shape index (κ2) is 6.07. The van der Waals surface area contributed by atoms with Gasteiger partial charge in [0.25, 0.3) is 5.91 Å². The Bertz CT molecular complexity index is 876. The van der Waals surface area contributed by atoms with Crippen molar-refractivity contribution in [3.63, 3.8) is 0 Å². The van der Waals surface area contributed by atoms with E-state index in [9.17, 15) is 9.18 Å². The fourth-order valence-electron chi connectivity index (χ4n) is 2.50. The summed E-state index contributed by atoms with van der Waals surface area (Å²) in [6.45, 7) is 6.69. The number of halogens is 1. The molecule has 2 aromatic heterocycles. The minimum Gasteiger partial charge on any atom is -0.346 e. The maximum atomic E-state index is 13.2. The number of nitrogens with one attached hydrogen (secondary N) is 1. The van der Waals surface area contributed by atoms with Crippen LogP contribution in [0.25, 0.3) is 5.65 Å². The molecule has 0 saturated carbocycles. The maximum absolute atomic E-state index is 13.2. The second-order valence-corrected chi connectivity index (χ2v) is 6.86. The Labute approximate surface area is 140 Å². The third-order valence-corrected chi connectivity index (χ3v) is 3.91. The van der Waals surface area contributed by atoms with Crippen LogP contribution in [0.1, 0.15) is 42.4 Å². The van der Waals surface area contributed by atoms with Gasteiger partial charge in [-0.25, -0.2) is 9.37 Å². The van der Waals surface area contributed by atoms with Crippen molar-refractivity contribution in [1.82, 2.24) is 14.7 Å². The molecule has 4 nitrogen and oxygen atoms in total. The molecule has 0 spiro atoms. The first-order valence-electron chi connectivity index (χ1n) is 7.85. The van der Waals surface area contributed by atoms with Gasteiger partial charge in [0, 0.05) is 18.0 Å². The van der Waals surface area contributed by atoms with Crippen LogP contribution in [-0.2, 0) is 12.0 Å². The molecule has 3 aromatic rings. The van der Waals surface area contributed by atoms with Gasteiger partial charge < -0.3 is 9.72 Å². The number of hydrogen-bond acceptors (Lipinski definition) is 2. The van der Waals surface area contributed by atoms with Crippen molar-refractivity contribution >= 4 is 11.6 Å². The fourth-order valence-corrected chi connectivity index (χ4v) is 2.50. The van der Waals surface area contributed by atoms with Crippen molar-refractivity contribution in [2.45, 2.75) is 32.7 Å². The van der Waals surface area contributed by atoms with Crippen LogP contribution in [0.4, 0.5) is 4.39 Å². The third kappa shape index (κ3) is 3.45. The van der Waals surface area contributed by atoms with Crippen molar-refractivity contribution in [2.75, 3.05) is 0 Å². The van der Waals surface area contributed by atoms with E-state index < -0.39 is 0 Å². The van der Waals surface area contributed by atoms with Gasteiger partial charge in [-0.15, -0.1) is 0 Å². The fraction of sp³-hybridized carbons (Fsp3) is 0.263. The summed E-state index contributed by atoms with van der Waals surface area (Å²) < 4.78 is 14.8. The van der Waals surface area contributed by atoms with Crippen LogP contribution in [0.2, 0.25) is 0 Å². The minimum absolute atomic E-state index is 0.0564. The molecule has 24 heavy (non-hydrogen) atoms. The first-order valence-corrected chi connectivity index (χ1v) is 7.85. The largest absolute Gasteiger partial charge is 0.346 e. The number of imidazole rings is 1. The zero-order chi connectivity index (χ0) is 17.3. The number of fused-ring (bicyclic) bond motifs is 1. The van der Waals surface area contributed by atoms with Gasteiger partial charge in [-0.3, -0.25) is 4.79 Å². The molecule has 0 saturated heterocycles. The lowest BCUT2D eigenvalue weighted by Crippen LogP contribution is -2.23. The van der Waals surface area contributed by atoms with Crippen LogP contribution >= 0.6 is 0 Å². The molecule has 0 atom stereocenters. The number of aromatic nitrogens is 2. The molecular weight excluding hydrogens is 305 g/mol. The van der Waals surface area contributed by atoms with Gasteiger partial charge in [0.2, 0.25) is 0 Å². The van der Waals surface area contributed by atoms with Crippen LogP contribution in [0.3, 0.4) is 0 Å². The Morgan fingerprint density at radius 3 is 2.50 bits per heavy atom. The number of amides is 1. The normalized spacial score (nSPS) is 11.7. The quantitative estimate of drug-likeness (QED) is 0.798. The lowest BCUT2D eigenvalue weighted by molar-refractivity contribution is 0.0950. The predicted octanol–water partition coefficient (Wildman–Crippen LogP) is 3.70. The highest BCUT2D eigenvalue weighted by atomic mass is 19.1. The van der Waals surface area contributed by atoms with E-state index in [1.807, 2.05) is 24.3 Å². The summed E-state index contributed by atoms with van der Waals surface area (Å²) in [4.78, 5) is 16.6. The minimum atomic E-state index is -0.325. The number of carbonyl (C=O) groups excluding carboxylic acids is 1. The van der Waals surface area contributed by atoms with Crippen molar-refractivity contribution in [2.24, 2.45) is 0 Å². The van der Waals surface area contributed by atoms with Gasteiger partial charge >= 0.3 is 0 Å². The number of rotatable bonds is 3. The van der Waals surface area contributed by atoms with E-state index in [2.05, 4.69) is 31.1 Å². The SMILES string of the molecule is CC(C)(C)c1ccc(C(=O)NCc2cn3cc(F)ccc3n2)cc1. The molecule has 1 amide bonds. The van der Waals surface area contributed by atoms with Crippen molar-refractivity contribution in [3.8, 4) is 0 Å². The molecule has 2 heterocycles.